The molecule has 0 aliphatic rings. The van der Waals surface area contributed by atoms with Crippen molar-refractivity contribution in [3.8, 4) is 11.3 Å². The molecular formula is C32H36F3N3O3S. The molecule has 0 aliphatic carbocycles. The molecule has 5 aromatic rings. The van der Waals surface area contributed by atoms with Gasteiger partial charge in [-0.3, -0.25) is 5.32 Å². The Morgan fingerprint density at radius 2 is 1.45 bits per heavy atom. The van der Waals surface area contributed by atoms with E-state index in [1.165, 1.54) is 38.7 Å². The third-order valence-corrected chi connectivity index (χ3v) is 7.37. The number of hydrogen-bond acceptors (Lipinski definition) is 4. The van der Waals surface area contributed by atoms with Crippen molar-refractivity contribution in [1.82, 2.24) is 4.40 Å². The van der Waals surface area contributed by atoms with Gasteiger partial charge >= 0.3 is 5.51 Å². The van der Waals surface area contributed by atoms with Gasteiger partial charge < -0.3 is 4.55 Å². The number of halogens is 3. The summed E-state index contributed by atoms with van der Waals surface area (Å²) in [6, 6.07) is 24.4. The fourth-order valence-electron chi connectivity index (χ4n) is 5.58. The molecule has 0 amide bonds. The van der Waals surface area contributed by atoms with Crippen LogP contribution in [0.3, 0.4) is 0 Å². The standard InChI is InChI=1S/C31H36N3.CHF3O3S/c1-21-12-15-23(16-13-21)26-18-24-10-8-9-11-25(24)28-29(32-31(6,7)20-30(3,4)5)33-19-22(2)14-17-27(33)34(26)28;2-1(3,4)8(5,6)7/h8-19,32H,20H2,1-7H3;(H,5,6,7)/q+1;/p-1. The van der Waals surface area contributed by atoms with E-state index < -0.39 is 15.6 Å². The van der Waals surface area contributed by atoms with Crippen molar-refractivity contribution in [1.29, 1.82) is 0 Å². The van der Waals surface area contributed by atoms with Crippen LogP contribution in [0.25, 0.3) is 33.2 Å². The van der Waals surface area contributed by atoms with Crippen molar-refractivity contribution in [3.63, 3.8) is 0 Å². The molecule has 6 nitrogen and oxygen atoms in total. The van der Waals surface area contributed by atoms with Gasteiger partial charge in [-0.05, 0) is 62.6 Å². The Morgan fingerprint density at radius 1 is 0.881 bits per heavy atom. The molecule has 0 bridgehead atoms. The summed E-state index contributed by atoms with van der Waals surface area (Å²) >= 11 is 0. The van der Waals surface area contributed by atoms with Gasteiger partial charge in [-0.25, -0.2) is 17.2 Å². The molecule has 0 saturated carbocycles. The fourth-order valence-corrected chi connectivity index (χ4v) is 5.58. The first-order chi connectivity index (χ1) is 19.3. The highest BCUT2D eigenvalue weighted by molar-refractivity contribution is 7.86. The third-order valence-electron chi connectivity index (χ3n) is 6.80. The number of aromatic nitrogens is 2. The molecule has 3 heterocycles. The van der Waals surface area contributed by atoms with E-state index in [0.29, 0.717) is 0 Å². The molecule has 3 aromatic heterocycles. The van der Waals surface area contributed by atoms with Gasteiger partial charge in [0.2, 0.25) is 5.65 Å². The van der Waals surface area contributed by atoms with E-state index in [0.717, 1.165) is 17.9 Å². The minimum absolute atomic E-state index is 0.0786. The number of nitrogens with zero attached hydrogens (tertiary/aromatic N) is 2. The van der Waals surface area contributed by atoms with Crippen LogP contribution in [0.5, 0.6) is 0 Å². The Morgan fingerprint density at radius 3 is 2.02 bits per heavy atom. The summed E-state index contributed by atoms with van der Waals surface area (Å²) in [5, 5.41) is 6.50. The van der Waals surface area contributed by atoms with Crippen molar-refractivity contribution in [3.05, 3.63) is 84.1 Å². The quantitative estimate of drug-likeness (QED) is 0.130. The maximum Gasteiger partial charge on any atom is 0.485 e. The van der Waals surface area contributed by atoms with Crippen LogP contribution in [0.15, 0.2) is 72.9 Å². The minimum atomic E-state index is -6.09. The lowest BCUT2D eigenvalue weighted by atomic mass is 9.82. The number of hydrogen-bond donors (Lipinski definition) is 1. The van der Waals surface area contributed by atoms with Crippen LogP contribution in [-0.2, 0) is 10.1 Å². The molecule has 42 heavy (non-hydrogen) atoms. The van der Waals surface area contributed by atoms with E-state index in [-0.39, 0.29) is 11.0 Å². The summed E-state index contributed by atoms with van der Waals surface area (Å²) in [7, 11) is -6.09. The second-order valence-corrected chi connectivity index (χ2v) is 14.0. The van der Waals surface area contributed by atoms with Gasteiger partial charge in [-0.1, -0.05) is 74.9 Å². The molecule has 0 saturated heterocycles. The van der Waals surface area contributed by atoms with E-state index in [4.69, 9.17) is 13.0 Å². The third kappa shape index (κ3) is 6.71. The largest absolute Gasteiger partial charge is 0.741 e. The van der Waals surface area contributed by atoms with Crippen molar-refractivity contribution < 1.29 is 30.5 Å². The summed E-state index contributed by atoms with van der Waals surface area (Å²) in [6.07, 6.45) is 3.31. The fraction of sp³-hybridized carbons (Fsp3) is 0.344. The molecule has 0 fully saturated rings. The number of rotatable bonds is 4. The number of imidazole rings is 1. The number of alkyl halides is 3. The highest BCUT2D eigenvalue weighted by atomic mass is 32.2. The predicted octanol–water partition coefficient (Wildman–Crippen LogP) is 7.79. The zero-order chi connectivity index (χ0) is 31.3. The van der Waals surface area contributed by atoms with Gasteiger partial charge in [0.05, 0.1) is 11.7 Å². The van der Waals surface area contributed by atoms with Gasteiger partial charge in [0.25, 0.3) is 5.82 Å². The molecule has 0 radical (unpaired) electrons. The SMILES string of the molecule is Cc1ccc(-c2cc3ccccc3c3c(NC(C)(C)CC(C)(C)C)[n+]4cc(C)ccc4n23)cc1.O=S(=O)([O-])C(F)(F)F. The smallest absolute Gasteiger partial charge is 0.485 e. The van der Waals surface area contributed by atoms with Crippen LogP contribution in [0, 0.1) is 19.3 Å². The molecule has 0 unspecified atom stereocenters. The van der Waals surface area contributed by atoms with Crippen LogP contribution in [0.4, 0.5) is 19.0 Å². The van der Waals surface area contributed by atoms with Crippen molar-refractivity contribution in [2.45, 2.75) is 65.9 Å². The van der Waals surface area contributed by atoms with E-state index in [1.54, 1.807) is 0 Å². The van der Waals surface area contributed by atoms with Gasteiger partial charge in [0.15, 0.2) is 15.6 Å². The molecule has 224 valence electrons. The van der Waals surface area contributed by atoms with Crippen LogP contribution in [0.2, 0.25) is 0 Å². The van der Waals surface area contributed by atoms with Gasteiger partial charge in [-0.2, -0.15) is 13.2 Å². The first-order valence-corrected chi connectivity index (χ1v) is 14.9. The number of pyridine rings is 2. The first kappa shape index (κ1) is 31.3. The summed E-state index contributed by atoms with van der Waals surface area (Å²) in [6.45, 7) is 15.9. The molecule has 2 aromatic carbocycles. The van der Waals surface area contributed by atoms with Gasteiger partial charge in [0.1, 0.15) is 5.69 Å². The van der Waals surface area contributed by atoms with Crippen molar-refractivity contribution in [2.24, 2.45) is 5.41 Å². The molecular weight excluding hydrogens is 563 g/mol. The summed E-state index contributed by atoms with van der Waals surface area (Å²) in [5.74, 6) is 1.15. The van der Waals surface area contributed by atoms with E-state index in [9.17, 15) is 13.2 Å². The molecule has 5 rings (SSSR count). The van der Waals surface area contributed by atoms with Gasteiger partial charge in [0, 0.05) is 17.0 Å². The number of aryl methyl sites for hydroxylation is 2. The molecule has 0 spiro atoms. The Balaban J connectivity index is 0.000000446. The second-order valence-electron chi connectivity index (χ2n) is 12.6. The molecule has 10 heteroatoms. The Bertz CT molecular complexity index is 1870. The Kier molecular flexibility index (Phi) is 8.12. The number of fused-ring (bicyclic) bond motifs is 5. The number of anilines is 1. The molecule has 0 aliphatic heterocycles. The predicted molar refractivity (Wildman–Crippen MR) is 160 cm³/mol. The topological polar surface area (TPSA) is 77.7 Å². The van der Waals surface area contributed by atoms with E-state index >= 15 is 0 Å². The van der Waals surface area contributed by atoms with Crippen LogP contribution in [0.1, 0.15) is 52.2 Å². The Hall–Kier alpha value is -3.63. The first-order valence-electron chi connectivity index (χ1n) is 13.5. The summed E-state index contributed by atoms with van der Waals surface area (Å²) in [4.78, 5) is 0. The lowest BCUT2D eigenvalue weighted by Gasteiger charge is -2.31. The maximum absolute atomic E-state index is 10.7. The maximum atomic E-state index is 10.7. The zero-order valence-electron chi connectivity index (χ0n) is 24.8. The minimum Gasteiger partial charge on any atom is -0.741 e. The zero-order valence-corrected chi connectivity index (χ0v) is 25.6. The molecule has 1 N–H and O–H groups in total. The lowest BCUT2D eigenvalue weighted by molar-refractivity contribution is -0.495. The Labute approximate surface area is 244 Å². The highest BCUT2D eigenvalue weighted by Gasteiger charge is 2.37. The van der Waals surface area contributed by atoms with Crippen LogP contribution in [-0.4, -0.2) is 28.4 Å². The summed E-state index contributed by atoms with van der Waals surface area (Å²) < 4.78 is 63.7. The van der Waals surface area contributed by atoms with Crippen LogP contribution < -0.4 is 9.72 Å². The van der Waals surface area contributed by atoms with Crippen molar-refractivity contribution in [2.75, 3.05) is 5.32 Å². The second kappa shape index (κ2) is 10.9. The molecule has 0 atom stereocenters. The monoisotopic (exact) mass is 599 g/mol. The van der Waals surface area contributed by atoms with Crippen LogP contribution >= 0.6 is 0 Å². The normalized spacial score (nSPS) is 12.9. The number of nitrogens with one attached hydrogen (secondary N) is 1. The highest BCUT2D eigenvalue weighted by Crippen LogP contribution is 2.36. The summed E-state index contributed by atoms with van der Waals surface area (Å²) in [5.41, 5.74) is 1.82. The number of benzene rings is 2. The van der Waals surface area contributed by atoms with Crippen molar-refractivity contribution >= 4 is 37.9 Å². The average molecular weight is 600 g/mol. The average Bonchev–Trinajstić information content (AvgIpc) is 3.15. The lowest BCUT2D eigenvalue weighted by Crippen LogP contribution is -2.39. The van der Waals surface area contributed by atoms with E-state index in [1.807, 2.05) is 0 Å². The van der Waals surface area contributed by atoms with Gasteiger partial charge in [-0.15, -0.1) is 0 Å². The van der Waals surface area contributed by atoms with E-state index in [2.05, 4.69) is 136 Å².